The zero-order valence-corrected chi connectivity index (χ0v) is 11.8. The minimum atomic E-state index is -0.270. The molecule has 3 N–H and O–H groups in total. The number of amides is 1. The number of hydrogen-bond acceptors (Lipinski definition) is 2. The molecule has 0 spiro atoms. The molecule has 0 bridgehead atoms. The molecule has 2 aliphatic rings. The first kappa shape index (κ1) is 12.9. The Labute approximate surface area is 105 Å². The van der Waals surface area contributed by atoms with Crippen LogP contribution in [0.4, 0.5) is 0 Å². The van der Waals surface area contributed by atoms with E-state index in [1.165, 1.54) is 0 Å². The number of carbonyl (C=O) groups is 1. The fourth-order valence-corrected chi connectivity index (χ4v) is 3.56. The SMILES string of the molecule is CC1CC(CN)(C(=O)NC2C(C)(C)C2(C)C)C1. The molecule has 0 atom stereocenters. The highest BCUT2D eigenvalue weighted by Gasteiger charge is 2.66. The fraction of sp³-hybridized carbons (Fsp3) is 0.929. The van der Waals surface area contributed by atoms with E-state index in [0.717, 1.165) is 12.8 Å². The van der Waals surface area contributed by atoms with Gasteiger partial charge in [0, 0.05) is 12.6 Å². The first-order valence-electron chi connectivity index (χ1n) is 6.68. The van der Waals surface area contributed by atoms with Crippen molar-refractivity contribution in [1.29, 1.82) is 0 Å². The van der Waals surface area contributed by atoms with Crippen molar-refractivity contribution in [3.05, 3.63) is 0 Å². The molecule has 3 nitrogen and oxygen atoms in total. The quantitative estimate of drug-likeness (QED) is 0.789. The van der Waals surface area contributed by atoms with Gasteiger partial charge in [0.25, 0.3) is 0 Å². The van der Waals surface area contributed by atoms with Crippen molar-refractivity contribution < 1.29 is 4.79 Å². The molecule has 2 fully saturated rings. The maximum Gasteiger partial charge on any atom is 0.227 e. The molecule has 0 aromatic heterocycles. The molecule has 0 heterocycles. The summed E-state index contributed by atoms with van der Waals surface area (Å²) in [4.78, 5) is 12.4. The molecule has 2 aliphatic carbocycles. The Morgan fingerprint density at radius 3 is 2.00 bits per heavy atom. The van der Waals surface area contributed by atoms with Gasteiger partial charge in [-0.05, 0) is 29.6 Å². The molecular weight excluding hydrogens is 212 g/mol. The summed E-state index contributed by atoms with van der Waals surface area (Å²) >= 11 is 0. The third kappa shape index (κ3) is 1.62. The maximum absolute atomic E-state index is 12.4. The van der Waals surface area contributed by atoms with Crippen molar-refractivity contribution in [2.45, 2.75) is 53.5 Å². The summed E-state index contributed by atoms with van der Waals surface area (Å²) in [6, 6.07) is 0.293. The van der Waals surface area contributed by atoms with E-state index in [-0.39, 0.29) is 22.2 Å². The Morgan fingerprint density at radius 2 is 1.71 bits per heavy atom. The highest BCUT2D eigenvalue weighted by atomic mass is 16.2. The standard InChI is InChI=1S/C14H26N2O/c1-9-6-14(7-9,8-15)11(17)16-10-12(2,3)13(10,4)5/h9-10H,6-8,15H2,1-5H3,(H,16,17). The Balaban J connectivity index is 2.00. The summed E-state index contributed by atoms with van der Waals surface area (Å²) in [7, 11) is 0. The molecule has 1 amide bonds. The molecule has 0 aliphatic heterocycles. The van der Waals surface area contributed by atoms with Crippen molar-refractivity contribution in [3.8, 4) is 0 Å². The van der Waals surface area contributed by atoms with Crippen LogP contribution in [0.1, 0.15) is 47.5 Å². The molecule has 0 radical (unpaired) electrons. The number of rotatable bonds is 3. The molecule has 0 saturated heterocycles. The molecule has 98 valence electrons. The minimum Gasteiger partial charge on any atom is -0.352 e. The molecule has 17 heavy (non-hydrogen) atoms. The first-order valence-corrected chi connectivity index (χ1v) is 6.68. The molecule has 0 unspecified atom stereocenters. The summed E-state index contributed by atoms with van der Waals surface area (Å²) in [5.41, 5.74) is 5.94. The normalized spacial score (nSPS) is 38.4. The monoisotopic (exact) mass is 238 g/mol. The third-order valence-electron chi connectivity index (χ3n) is 5.65. The van der Waals surface area contributed by atoms with Gasteiger partial charge < -0.3 is 11.1 Å². The van der Waals surface area contributed by atoms with Crippen LogP contribution in [0.3, 0.4) is 0 Å². The molecule has 3 heteroatoms. The largest absolute Gasteiger partial charge is 0.352 e. The van der Waals surface area contributed by atoms with E-state index in [0.29, 0.717) is 18.5 Å². The van der Waals surface area contributed by atoms with Gasteiger partial charge in [0.15, 0.2) is 0 Å². The Bertz CT molecular complexity index is 326. The minimum absolute atomic E-state index is 0.182. The lowest BCUT2D eigenvalue weighted by atomic mass is 9.62. The van der Waals surface area contributed by atoms with Crippen LogP contribution in [0.2, 0.25) is 0 Å². The summed E-state index contributed by atoms with van der Waals surface area (Å²) in [6.45, 7) is 11.5. The van der Waals surface area contributed by atoms with E-state index in [1.807, 2.05) is 0 Å². The second-order valence-corrected chi connectivity index (χ2v) is 7.35. The van der Waals surface area contributed by atoms with Crippen molar-refractivity contribution in [1.82, 2.24) is 5.32 Å². The lowest BCUT2D eigenvalue weighted by molar-refractivity contribution is -0.138. The van der Waals surface area contributed by atoms with E-state index in [9.17, 15) is 4.79 Å². The zero-order chi connectivity index (χ0) is 13.1. The van der Waals surface area contributed by atoms with Crippen molar-refractivity contribution >= 4 is 5.91 Å². The van der Waals surface area contributed by atoms with Gasteiger partial charge in [0.1, 0.15) is 0 Å². The lowest BCUT2D eigenvalue weighted by Gasteiger charge is -2.44. The molecule has 2 saturated carbocycles. The third-order valence-corrected chi connectivity index (χ3v) is 5.65. The van der Waals surface area contributed by atoms with Crippen LogP contribution in [0, 0.1) is 22.2 Å². The maximum atomic E-state index is 12.4. The van der Waals surface area contributed by atoms with Gasteiger partial charge in [-0.15, -0.1) is 0 Å². The fourth-order valence-electron chi connectivity index (χ4n) is 3.56. The number of nitrogens with one attached hydrogen (secondary N) is 1. The average Bonchev–Trinajstić information content (AvgIpc) is 2.55. The lowest BCUT2D eigenvalue weighted by Crippen LogP contribution is -2.54. The van der Waals surface area contributed by atoms with E-state index in [2.05, 4.69) is 39.9 Å². The predicted molar refractivity (Wildman–Crippen MR) is 69.4 cm³/mol. The van der Waals surface area contributed by atoms with Crippen molar-refractivity contribution in [3.63, 3.8) is 0 Å². The van der Waals surface area contributed by atoms with Crippen LogP contribution in [-0.4, -0.2) is 18.5 Å². The second kappa shape index (κ2) is 3.47. The summed E-state index contributed by atoms with van der Waals surface area (Å²) in [6.07, 6.45) is 1.89. The van der Waals surface area contributed by atoms with Gasteiger partial charge in [-0.25, -0.2) is 0 Å². The topological polar surface area (TPSA) is 55.1 Å². The van der Waals surface area contributed by atoms with Crippen LogP contribution in [0.5, 0.6) is 0 Å². The molecule has 2 rings (SSSR count). The highest BCUT2D eigenvalue weighted by molar-refractivity contribution is 5.84. The van der Waals surface area contributed by atoms with Gasteiger partial charge in [-0.3, -0.25) is 4.79 Å². The Kier molecular flexibility index (Phi) is 2.63. The smallest absolute Gasteiger partial charge is 0.227 e. The van der Waals surface area contributed by atoms with Gasteiger partial charge in [-0.1, -0.05) is 34.6 Å². The van der Waals surface area contributed by atoms with Crippen LogP contribution in [0.15, 0.2) is 0 Å². The molecule has 0 aromatic rings. The van der Waals surface area contributed by atoms with E-state index >= 15 is 0 Å². The number of carbonyl (C=O) groups excluding carboxylic acids is 1. The average molecular weight is 238 g/mol. The predicted octanol–water partition coefficient (Wildman–Crippen LogP) is 1.91. The second-order valence-electron chi connectivity index (χ2n) is 7.35. The van der Waals surface area contributed by atoms with Gasteiger partial charge in [0.05, 0.1) is 5.41 Å². The van der Waals surface area contributed by atoms with Gasteiger partial charge in [-0.2, -0.15) is 0 Å². The summed E-state index contributed by atoms with van der Waals surface area (Å²) < 4.78 is 0. The van der Waals surface area contributed by atoms with Crippen LogP contribution in [0.25, 0.3) is 0 Å². The first-order chi connectivity index (χ1) is 7.67. The molecule has 0 aromatic carbocycles. The van der Waals surface area contributed by atoms with Gasteiger partial charge in [0.2, 0.25) is 5.91 Å². The van der Waals surface area contributed by atoms with E-state index in [1.54, 1.807) is 0 Å². The number of hydrogen-bond donors (Lipinski definition) is 2. The van der Waals surface area contributed by atoms with Crippen LogP contribution < -0.4 is 11.1 Å². The Hall–Kier alpha value is -0.570. The Morgan fingerprint density at radius 1 is 1.24 bits per heavy atom. The summed E-state index contributed by atoms with van der Waals surface area (Å²) in [5, 5.41) is 3.23. The summed E-state index contributed by atoms with van der Waals surface area (Å²) in [5.74, 6) is 0.825. The van der Waals surface area contributed by atoms with Crippen molar-refractivity contribution in [2.75, 3.05) is 6.54 Å². The highest BCUT2D eigenvalue weighted by Crippen LogP contribution is 2.63. The van der Waals surface area contributed by atoms with Crippen LogP contribution in [-0.2, 0) is 4.79 Å². The van der Waals surface area contributed by atoms with Crippen LogP contribution >= 0.6 is 0 Å². The van der Waals surface area contributed by atoms with E-state index in [4.69, 9.17) is 5.73 Å². The zero-order valence-electron chi connectivity index (χ0n) is 11.8. The molecular formula is C14H26N2O. The van der Waals surface area contributed by atoms with E-state index < -0.39 is 0 Å². The van der Waals surface area contributed by atoms with Crippen molar-refractivity contribution in [2.24, 2.45) is 27.9 Å². The van der Waals surface area contributed by atoms with Gasteiger partial charge >= 0.3 is 0 Å². The number of nitrogens with two attached hydrogens (primary N) is 1.